The highest BCUT2D eigenvalue weighted by molar-refractivity contribution is 5.99. The number of nitrogens with one attached hydrogen (secondary N) is 1. The van der Waals surface area contributed by atoms with E-state index in [1.807, 2.05) is 11.0 Å². The fourth-order valence-electron chi connectivity index (χ4n) is 3.78. The second kappa shape index (κ2) is 5.57. The number of benzene rings is 1. The first-order chi connectivity index (χ1) is 9.77. The minimum Gasteiger partial charge on any atom is -0.316 e. The number of carbonyl (C=O) groups is 1. The minimum absolute atomic E-state index is 0.176. The molecule has 1 fully saturated rings. The average molecular weight is 272 g/mol. The van der Waals surface area contributed by atoms with Crippen LogP contribution < -0.4 is 10.2 Å². The Balaban J connectivity index is 1.87. The van der Waals surface area contributed by atoms with Crippen LogP contribution in [0, 0.1) is 5.41 Å². The van der Waals surface area contributed by atoms with Gasteiger partial charge in [0, 0.05) is 18.8 Å². The van der Waals surface area contributed by atoms with Gasteiger partial charge in [-0.15, -0.1) is 0 Å². The number of para-hydroxylation sites is 1. The second-order valence-electron chi connectivity index (χ2n) is 6.15. The number of anilines is 1. The van der Waals surface area contributed by atoms with Gasteiger partial charge in [0.25, 0.3) is 0 Å². The summed E-state index contributed by atoms with van der Waals surface area (Å²) in [6.45, 7) is 4.93. The predicted octanol–water partition coefficient (Wildman–Crippen LogP) is 2.75. The van der Waals surface area contributed by atoms with Gasteiger partial charge in [-0.2, -0.15) is 0 Å². The van der Waals surface area contributed by atoms with Crippen molar-refractivity contribution in [3.8, 4) is 0 Å². The molecule has 1 aromatic carbocycles. The fourth-order valence-corrected chi connectivity index (χ4v) is 3.78. The molecule has 1 unspecified atom stereocenters. The van der Waals surface area contributed by atoms with Crippen molar-refractivity contribution in [2.24, 2.45) is 5.41 Å². The summed E-state index contributed by atoms with van der Waals surface area (Å²) >= 11 is 0. The normalized spacial score (nSPS) is 25.6. The largest absolute Gasteiger partial charge is 0.316 e. The summed E-state index contributed by atoms with van der Waals surface area (Å²) in [7, 11) is 0. The quantitative estimate of drug-likeness (QED) is 0.917. The van der Waals surface area contributed by atoms with E-state index in [0.29, 0.717) is 5.91 Å². The van der Waals surface area contributed by atoms with E-state index in [1.54, 1.807) is 0 Å². The maximum Gasteiger partial charge on any atom is 0.234 e. The summed E-state index contributed by atoms with van der Waals surface area (Å²) in [5, 5.41) is 3.44. The van der Waals surface area contributed by atoms with Crippen LogP contribution in [0.25, 0.3) is 0 Å². The third-order valence-corrected chi connectivity index (χ3v) is 4.79. The third-order valence-electron chi connectivity index (χ3n) is 4.79. The first-order valence-corrected chi connectivity index (χ1v) is 7.87. The molecule has 3 heteroatoms. The predicted molar refractivity (Wildman–Crippen MR) is 81.9 cm³/mol. The maximum absolute atomic E-state index is 13.2. The summed E-state index contributed by atoms with van der Waals surface area (Å²) in [4.78, 5) is 15.2. The van der Waals surface area contributed by atoms with Gasteiger partial charge in [0.15, 0.2) is 0 Å². The van der Waals surface area contributed by atoms with Crippen LogP contribution in [0.15, 0.2) is 24.3 Å². The highest BCUT2D eigenvalue weighted by Gasteiger charge is 2.42. The van der Waals surface area contributed by atoms with E-state index in [1.165, 1.54) is 5.56 Å². The molecule has 0 saturated carbocycles. The highest BCUT2D eigenvalue weighted by atomic mass is 16.2. The van der Waals surface area contributed by atoms with E-state index < -0.39 is 0 Å². The van der Waals surface area contributed by atoms with Crippen LogP contribution in [-0.4, -0.2) is 25.5 Å². The molecule has 108 valence electrons. The van der Waals surface area contributed by atoms with E-state index >= 15 is 0 Å². The molecule has 2 aliphatic rings. The molecule has 3 rings (SSSR count). The standard InChI is InChI=1S/C17H24N2O/c1-2-9-17(10-5-11-18-13-17)16(20)19-12-8-14-6-3-4-7-15(14)19/h3-4,6-7,18H,2,5,8-13H2,1H3. The summed E-state index contributed by atoms with van der Waals surface area (Å²) < 4.78 is 0. The molecule has 3 nitrogen and oxygen atoms in total. The molecule has 1 N–H and O–H groups in total. The van der Waals surface area contributed by atoms with Crippen molar-refractivity contribution in [3.05, 3.63) is 29.8 Å². The number of fused-ring (bicyclic) bond motifs is 1. The molecule has 0 aromatic heterocycles. The second-order valence-corrected chi connectivity index (χ2v) is 6.15. The summed E-state index contributed by atoms with van der Waals surface area (Å²) in [6, 6.07) is 8.34. The number of carbonyl (C=O) groups excluding carboxylic acids is 1. The Morgan fingerprint density at radius 3 is 3.00 bits per heavy atom. The molecule has 20 heavy (non-hydrogen) atoms. The molecule has 0 aliphatic carbocycles. The lowest BCUT2D eigenvalue weighted by Crippen LogP contribution is -2.51. The molecule has 1 amide bonds. The van der Waals surface area contributed by atoms with E-state index in [4.69, 9.17) is 0 Å². The average Bonchev–Trinajstić information content (AvgIpc) is 2.91. The molecule has 0 radical (unpaired) electrons. The van der Waals surface area contributed by atoms with Crippen LogP contribution in [0.3, 0.4) is 0 Å². The monoisotopic (exact) mass is 272 g/mol. The fraction of sp³-hybridized carbons (Fsp3) is 0.588. The van der Waals surface area contributed by atoms with E-state index in [-0.39, 0.29) is 5.41 Å². The van der Waals surface area contributed by atoms with Crippen LogP contribution >= 0.6 is 0 Å². The van der Waals surface area contributed by atoms with Gasteiger partial charge in [-0.05, 0) is 43.9 Å². The first-order valence-electron chi connectivity index (χ1n) is 7.87. The van der Waals surface area contributed by atoms with Gasteiger partial charge in [-0.1, -0.05) is 31.5 Å². The van der Waals surface area contributed by atoms with Crippen molar-refractivity contribution in [3.63, 3.8) is 0 Å². The van der Waals surface area contributed by atoms with Crippen LogP contribution in [-0.2, 0) is 11.2 Å². The first kappa shape index (κ1) is 13.6. The molecule has 1 aromatic rings. The van der Waals surface area contributed by atoms with E-state index in [2.05, 4.69) is 30.4 Å². The highest BCUT2D eigenvalue weighted by Crippen LogP contribution is 2.38. The van der Waals surface area contributed by atoms with Crippen molar-refractivity contribution in [1.82, 2.24) is 5.32 Å². The molecule has 1 saturated heterocycles. The molecule has 2 heterocycles. The van der Waals surface area contributed by atoms with Crippen molar-refractivity contribution in [2.75, 3.05) is 24.5 Å². The zero-order valence-corrected chi connectivity index (χ0v) is 12.3. The smallest absolute Gasteiger partial charge is 0.234 e. The van der Waals surface area contributed by atoms with Crippen LogP contribution in [0.4, 0.5) is 5.69 Å². The molecular weight excluding hydrogens is 248 g/mol. The number of nitrogens with zero attached hydrogens (tertiary/aromatic N) is 1. The van der Waals surface area contributed by atoms with Crippen LogP contribution in [0.5, 0.6) is 0 Å². The summed E-state index contributed by atoms with van der Waals surface area (Å²) in [5.74, 6) is 0.344. The van der Waals surface area contributed by atoms with Crippen LogP contribution in [0.1, 0.15) is 38.2 Å². The van der Waals surface area contributed by atoms with Crippen molar-refractivity contribution >= 4 is 11.6 Å². The zero-order valence-electron chi connectivity index (χ0n) is 12.3. The number of amides is 1. The third kappa shape index (κ3) is 2.24. The van der Waals surface area contributed by atoms with Crippen LogP contribution in [0.2, 0.25) is 0 Å². The minimum atomic E-state index is -0.176. The summed E-state index contributed by atoms with van der Waals surface area (Å²) in [6.07, 6.45) is 5.21. The number of piperidine rings is 1. The number of rotatable bonds is 3. The Morgan fingerprint density at radius 1 is 1.40 bits per heavy atom. The maximum atomic E-state index is 13.2. The van der Waals surface area contributed by atoms with Gasteiger partial charge < -0.3 is 10.2 Å². The Hall–Kier alpha value is -1.35. The Kier molecular flexibility index (Phi) is 3.79. The molecule has 2 aliphatic heterocycles. The summed E-state index contributed by atoms with van der Waals surface area (Å²) in [5.41, 5.74) is 2.28. The van der Waals surface area contributed by atoms with E-state index in [0.717, 1.165) is 57.4 Å². The SMILES string of the molecule is CCCC1(C(=O)N2CCc3ccccc32)CCCNC1. The topological polar surface area (TPSA) is 32.3 Å². The van der Waals surface area contributed by atoms with Gasteiger partial charge in [-0.25, -0.2) is 0 Å². The molecular formula is C17H24N2O. The number of hydrogen-bond donors (Lipinski definition) is 1. The number of hydrogen-bond acceptors (Lipinski definition) is 2. The molecule has 0 bridgehead atoms. The van der Waals surface area contributed by atoms with Gasteiger partial charge >= 0.3 is 0 Å². The Labute approximate surface area is 121 Å². The van der Waals surface area contributed by atoms with Gasteiger partial charge in [0.05, 0.1) is 5.41 Å². The lowest BCUT2D eigenvalue weighted by Gasteiger charge is -2.39. The van der Waals surface area contributed by atoms with E-state index in [9.17, 15) is 4.79 Å². The molecule has 0 spiro atoms. The molecule has 1 atom stereocenters. The van der Waals surface area contributed by atoms with Crippen molar-refractivity contribution < 1.29 is 4.79 Å². The van der Waals surface area contributed by atoms with Gasteiger partial charge in [0.2, 0.25) is 5.91 Å². The lowest BCUT2D eigenvalue weighted by molar-refractivity contribution is -0.129. The van der Waals surface area contributed by atoms with Crippen molar-refractivity contribution in [2.45, 2.75) is 39.0 Å². The van der Waals surface area contributed by atoms with Gasteiger partial charge in [-0.3, -0.25) is 4.79 Å². The van der Waals surface area contributed by atoms with Gasteiger partial charge in [0.1, 0.15) is 0 Å². The Morgan fingerprint density at radius 2 is 2.25 bits per heavy atom. The Bertz CT molecular complexity index is 486. The van der Waals surface area contributed by atoms with Crippen molar-refractivity contribution in [1.29, 1.82) is 0 Å². The lowest BCUT2D eigenvalue weighted by atomic mass is 9.75. The zero-order chi connectivity index (χ0) is 14.0.